The first-order chi connectivity index (χ1) is 10.2. The molecule has 1 aromatic heterocycles. The molecule has 0 saturated carbocycles. The van der Waals surface area contributed by atoms with E-state index < -0.39 is 0 Å². The normalized spacial score (nSPS) is 18.6. The fourth-order valence-electron chi connectivity index (χ4n) is 2.46. The molecule has 0 spiro atoms. The van der Waals surface area contributed by atoms with Gasteiger partial charge in [0.2, 0.25) is 0 Å². The summed E-state index contributed by atoms with van der Waals surface area (Å²) in [7, 11) is 1.75. The molecule has 1 N–H and O–H groups in total. The van der Waals surface area contributed by atoms with Crippen LogP contribution in [0.25, 0.3) is 0 Å². The lowest BCUT2D eigenvalue weighted by molar-refractivity contribution is 0.00210. The summed E-state index contributed by atoms with van der Waals surface area (Å²) in [5, 5.41) is 3.34. The Labute approximate surface area is 130 Å². The van der Waals surface area contributed by atoms with E-state index in [4.69, 9.17) is 16.3 Å². The highest BCUT2D eigenvalue weighted by Gasteiger charge is 2.25. The molecule has 1 saturated heterocycles. The summed E-state index contributed by atoms with van der Waals surface area (Å²) < 4.78 is 5.76. The predicted octanol–water partition coefficient (Wildman–Crippen LogP) is 2.81. The summed E-state index contributed by atoms with van der Waals surface area (Å²) >= 11 is 6.09. The third-order valence-electron chi connectivity index (χ3n) is 3.55. The van der Waals surface area contributed by atoms with Crippen LogP contribution in [0.4, 0.5) is 5.82 Å². The molecule has 1 aliphatic heterocycles. The van der Waals surface area contributed by atoms with Crippen molar-refractivity contribution in [3.05, 3.63) is 22.8 Å². The van der Waals surface area contributed by atoms with E-state index in [9.17, 15) is 4.79 Å². The van der Waals surface area contributed by atoms with Gasteiger partial charge in [-0.1, -0.05) is 18.5 Å². The molecule has 1 atom stereocenters. The molecule has 6 heteroatoms. The van der Waals surface area contributed by atoms with Crippen LogP contribution in [0, 0.1) is 0 Å². The Balaban J connectivity index is 2.03. The van der Waals surface area contributed by atoms with Crippen molar-refractivity contribution in [3.8, 4) is 0 Å². The number of piperidine rings is 1. The van der Waals surface area contributed by atoms with E-state index in [1.807, 2.05) is 4.90 Å². The average molecular weight is 312 g/mol. The number of carbonyl (C=O) groups excluding carboxylic acids is 1. The highest BCUT2D eigenvalue weighted by atomic mass is 35.5. The Hall–Kier alpha value is -1.33. The van der Waals surface area contributed by atoms with Gasteiger partial charge in [-0.15, -0.1) is 0 Å². The second kappa shape index (κ2) is 7.61. The van der Waals surface area contributed by atoms with Gasteiger partial charge in [-0.2, -0.15) is 0 Å². The number of hydrogen-bond acceptors (Lipinski definition) is 4. The van der Waals surface area contributed by atoms with Gasteiger partial charge in [0.15, 0.2) is 0 Å². The van der Waals surface area contributed by atoms with Crippen LogP contribution in [0.2, 0.25) is 5.02 Å². The Kier molecular flexibility index (Phi) is 5.82. The van der Waals surface area contributed by atoms with E-state index in [1.54, 1.807) is 19.3 Å². The monoisotopic (exact) mass is 311 g/mol. The lowest BCUT2D eigenvalue weighted by Crippen LogP contribution is -2.43. The lowest BCUT2D eigenvalue weighted by Gasteiger charge is -2.32. The molecule has 0 aliphatic carbocycles. The fraction of sp³-hybridized carbons (Fsp3) is 0.600. The molecule has 5 nitrogen and oxygen atoms in total. The summed E-state index contributed by atoms with van der Waals surface area (Å²) in [4.78, 5) is 18.5. The number of pyridine rings is 1. The molecule has 0 aromatic carbocycles. The molecule has 0 bridgehead atoms. The molecular weight excluding hydrogens is 290 g/mol. The van der Waals surface area contributed by atoms with Crippen LogP contribution in [0.3, 0.4) is 0 Å². The minimum Gasteiger partial charge on any atom is -0.376 e. The van der Waals surface area contributed by atoms with Gasteiger partial charge in [0.25, 0.3) is 5.91 Å². The van der Waals surface area contributed by atoms with Crippen LogP contribution >= 0.6 is 11.6 Å². The van der Waals surface area contributed by atoms with Crippen LogP contribution < -0.4 is 5.32 Å². The topological polar surface area (TPSA) is 54.5 Å². The summed E-state index contributed by atoms with van der Waals surface area (Å²) in [6.07, 6.45) is 4.69. The number of nitrogens with one attached hydrogen (secondary N) is 1. The molecule has 1 unspecified atom stereocenters. The molecule has 1 fully saturated rings. The molecular formula is C15H22ClN3O2. The Morgan fingerprint density at radius 2 is 2.43 bits per heavy atom. The highest BCUT2D eigenvalue weighted by molar-refractivity contribution is 6.33. The number of likely N-dealkylation sites (tertiary alicyclic amines) is 1. The largest absolute Gasteiger partial charge is 0.376 e. The number of aromatic nitrogens is 1. The van der Waals surface area contributed by atoms with Gasteiger partial charge in [-0.25, -0.2) is 4.98 Å². The predicted molar refractivity (Wildman–Crippen MR) is 84.0 cm³/mol. The number of hydrogen-bond donors (Lipinski definition) is 1. The zero-order valence-electron chi connectivity index (χ0n) is 12.6. The van der Waals surface area contributed by atoms with E-state index in [1.165, 1.54) is 0 Å². The second-order valence-electron chi connectivity index (χ2n) is 5.19. The van der Waals surface area contributed by atoms with E-state index in [2.05, 4.69) is 17.2 Å². The van der Waals surface area contributed by atoms with Gasteiger partial charge in [0.05, 0.1) is 16.7 Å². The van der Waals surface area contributed by atoms with Crippen molar-refractivity contribution in [2.24, 2.45) is 0 Å². The maximum Gasteiger partial charge on any atom is 0.255 e. The van der Waals surface area contributed by atoms with Gasteiger partial charge in [-0.05, 0) is 25.3 Å². The quantitative estimate of drug-likeness (QED) is 0.908. The third-order valence-corrected chi connectivity index (χ3v) is 3.84. The summed E-state index contributed by atoms with van der Waals surface area (Å²) in [5.74, 6) is 0.549. The zero-order valence-corrected chi connectivity index (χ0v) is 13.3. The molecule has 21 heavy (non-hydrogen) atoms. The number of halogens is 1. The Bertz CT molecular complexity index is 496. The summed E-state index contributed by atoms with van der Waals surface area (Å²) in [5.41, 5.74) is 0.523. The van der Waals surface area contributed by atoms with E-state index in [0.717, 1.165) is 32.4 Å². The SMILES string of the molecule is CCCOC1CCCN(C(=O)c2cnc(NC)c(Cl)c2)C1. The van der Waals surface area contributed by atoms with E-state index in [-0.39, 0.29) is 12.0 Å². The molecule has 2 rings (SSSR count). The highest BCUT2D eigenvalue weighted by Crippen LogP contribution is 2.22. The Morgan fingerprint density at radius 3 is 3.10 bits per heavy atom. The van der Waals surface area contributed by atoms with E-state index >= 15 is 0 Å². The van der Waals surface area contributed by atoms with Gasteiger partial charge in [0.1, 0.15) is 5.82 Å². The average Bonchev–Trinajstić information content (AvgIpc) is 2.52. The van der Waals surface area contributed by atoms with Crippen LogP contribution in [0.5, 0.6) is 0 Å². The van der Waals surface area contributed by atoms with Crippen molar-refractivity contribution in [2.75, 3.05) is 32.1 Å². The van der Waals surface area contributed by atoms with Crippen molar-refractivity contribution in [3.63, 3.8) is 0 Å². The maximum absolute atomic E-state index is 12.5. The molecule has 1 aliphatic rings. The van der Waals surface area contributed by atoms with Crippen molar-refractivity contribution >= 4 is 23.3 Å². The number of amides is 1. The van der Waals surface area contributed by atoms with Gasteiger partial charge >= 0.3 is 0 Å². The number of ether oxygens (including phenoxy) is 1. The van der Waals surface area contributed by atoms with Crippen molar-refractivity contribution in [1.29, 1.82) is 0 Å². The minimum absolute atomic E-state index is 0.0307. The van der Waals surface area contributed by atoms with Crippen LogP contribution in [-0.2, 0) is 4.74 Å². The van der Waals surface area contributed by atoms with Crippen molar-refractivity contribution in [2.45, 2.75) is 32.3 Å². The third kappa shape index (κ3) is 4.08. The number of anilines is 1. The number of nitrogens with zero attached hydrogens (tertiary/aromatic N) is 2. The van der Waals surface area contributed by atoms with Crippen LogP contribution in [0.1, 0.15) is 36.5 Å². The molecule has 1 aromatic rings. The maximum atomic E-state index is 12.5. The van der Waals surface area contributed by atoms with Crippen molar-refractivity contribution < 1.29 is 9.53 Å². The van der Waals surface area contributed by atoms with Crippen LogP contribution in [0.15, 0.2) is 12.3 Å². The van der Waals surface area contributed by atoms with Gasteiger partial charge < -0.3 is 15.0 Å². The number of carbonyl (C=O) groups is 1. The fourth-order valence-corrected chi connectivity index (χ4v) is 2.73. The van der Waals surface area contributed by atoms with Gasteiger partial charge in [0, 0.05) is 32.9 Å². The minimum atomic E-state index is -0.0307. The molecule has 1 amide bonds. The second-order valence-corrected chi connectivity index (χ2v) is 5.60. The smallest absolute Gasteiger partial charge is 0.255 e. The summed E-state index contributed by atoms with van der Waals surface area (Å²) in [6.45, 7) is 4.24. The number of rotatable bonds is 5. The molecule has 0 radical (unpaired) electrons. The zero-order chi connectivity index (χ0) is 15.2. The lowest BCUT2D eigenvalue weighted by atomic mass is 10.1. The first-order valence-electron chi connectivity index (χ1n) is 7.39. The van der Waals surface area contributed by atoms with Crippen molar-refractivity contribution in [1.82, 2.24) is 9.88 Å². The van der Waals surface area contributed by atoms with Gasteiger partial charge in [-0.3, -0.25) is 4.79 Å². The first kappa shape index (κ1) is 16.0. The standard InChI is InChI=1S/C15H22ClN3O2/c1-3-7-21-12-5-4-6-19(10-12)15(20)11-8-13(16)14(17-2)18-9-11/h8-9,12H,3-7,10H2,1-2H3,(H,17,18). The van der Waals surface area contributed by atoms with Crippen LogP contribution in [-0.4, -0.2) is 48.6 Å². The van der Waals surface area contributed by atoms with E-state index in [0.29, 0.717) is 22.9 Å². The molecule has 2 heterocycles. The summed E-state index contributed by atoms with van der Waals surface area (Å²) in [6, 6.07) is 1.67. The Morgan fingerprint density at radius 1 is 1.62 bits per heavy atom. The molecule has 116 valence electrons. The first-order valence-corrected chi connectivity index (χ1v) is 7.77.